The normalized spacial score (nSPS) is 17.5. The van der Waals surface area contributed by atoms with Gasteiger partial charge in [0.25, 0.3) is 5.91 Å². The Morgan fingerprint density at radius 3 is 3.05 bits per heavy atom. The van der Waals surface area contributed by atoms with Crippen LogP contribution in [0.25, 0.3) is 0 Å². The van der Waals surface area contributed by atoms with Gasteiger partial charge >= 0.3 is 0 Å². The Bertz CT molecular complexity index is 543. The molecule has 0 aromatic carbocycles. The van der Waals surface area contributed by atoms with Crippen molar-refractivity contribution in [3.05, 3.63) is 23.9 Å². The maximum atomic E-state index is 11.3. The molecule has 1 aromatic rings. The Hall–Kier alpha value is -2.06. The molecule has 1 aliphatic rings. The van der Waals surface area contributed by atoms with Crippen molar-refractivity contribution in [3.8, 4) is 11.8 Å². The van der Waals surface area contributed by atoms with Crippen LogP contribution in [-0.2, 0) is 11.3 Å². The molecule has 1 aliphatic heterocycles. The summed E-state index contributed by atoms with van der Waals surface area (Å²) < 4.78 is 0. The maximum Gasteiger partial charge on any atom is 0.296 e. The maximum absolute atomic E-state index is 11.3. The Morgan fingerprint density at radius 2 is 2.36 bits per heavy atom. The van der Waals surface area contributed by atoms with Crippen LogP contribution in [0.4, 0.5) is 5.82 Å². The van der Waals surface area contributed by atoms with E-state index >= 15 is 0 Å². The van der Waals surface area contributed by atoms with E-state index in [1.807, 2.05) is 12.1 Å². The number of carbonyl (C=O) groups excluding carboxylic acids is 1. The van der Waals surface area contributed by atoms with Gasteiger partial charge in [-0.25, -0.2) is 4.98 Å². The van der Waals surface area contributed by atoms with Crippen LogP contribution in [0.2, 0.25) is 0 Å². The van der Waals surface area contributed by atoms with Crippen molar-refractivity contribution < 1.29 is 9.90 Å². The van der Waals surface area contributed by atoms with Crippen LogP contribution in [0.1, 0.15) is 38.2 Å². The minimum atomic E-state index is -0.273. The lowest BCUT2D eigenvalue weighted by atomic mass is 9.99. The number of nitrogens with one attached hydrogen (secondary N) is 1. The van der Waals surface area contributed by atoms with Crippen LogP contribution in [0.15, 0.2) is 18.3 Å². The van der Waals surface area contributed by atoms with Gasteiger partial charge in [-0.1, -0.05) is 12.0 Å². The zero-order valence-electron chi connectivity index (χ0n) is 13.0. The Balaban J connectivity index is 1.97. The summed E-state index contributed by atoms with van der Waals surface area (Å²) in [4.78, 5) is 18.1. The van der Waals surface area contributed by atoms with E-state index in [1.165, 1.54) is 6.42 Å². The van der Waals surface area contributed by atoms with Crippen molar-refractivity contribution in [1.29, 1.82) is 0 Å². The summed E-state index contributed by atoms with van der Waals surface area (Å²) in [5, 5.41) is 11.9. The topological polar surface area (TPSA) is 65.5 Å². The third-order valence-corrected chi connectivity index (χ3v) is 3.88. The lowest BCUT2D eigenvalue weighted by Gasteiger charge is -2.36. The van der Waals surface area contributed by atoms with E-state index in [2.05, 4.69) is 27.0 Å². The summed E-state index contributed by atoms with van der Waals surface area (Å²) >= 11 is 0. The molecule has 1 aromatic heterocycles. The average Bonchev–Trinajstić information content (AvgIpc) is 2.55. The first-order chi connectivity index (χ1) is 10.7. The first kappa shape index (κ1) is 16.3. The highest BCUT2D eigenvalue weighted by Crippen LogP contribution is 2.24. The molecule has 0 radical (unpaired) electrons. The zero-order valence-corrected chi connectivity index (χ0v) is 13.0. The van der Waals surface area contributed by atoms with Crippen molar-refractivity contribution in [2.75, 3.05) is 18.1 Å². The number of piperidine rings is 1. The van der Waals surface area contributed by atoms with Gasteiger partial charge in [0.05, 0.1) is 0 Å². The second-order valence-electron chi connectivity index (χ2n) is 5.44. The number of nitrogens with zero attached hydrogens (tertiary/aromatic N) is 2. The number of aliphatic hydroxyl groups is 1. The Kier molecular flexibility index (Phi) is 6.23. The molecule has 1 fully saturated rings. The van der Waals surface area contributed by atoms with E-state index in [-0.39, 0.29) is 12.5 Å². The predicted molar refractivity (Wildman–Crippen MR) is 86.2 cm³/mol. The first-order valence-corrected chi connectivity index (χ1v) is 7.77. The van der Waals surface area contributed by atoms with Gasteiger partial charge < -0.3 is 15.3 Å². The van der Waals surface area contributed by atoms with Crippen molar-refractivity contribution in [2.24, 2.45) is 0 Å². The van der Waals surface area contributed by atoms with Gasteiger partial charge in [0.1, 0.15) is 5.82 Å². The molecule has 0 saturated carbocycles. The van der Waals surface area contributed by atoms with E-state index < -0.39 is 0 Å². The van der Waals surface area contributed by atoms with E-state index in [1.54, 1.807) is 13.1 Å². The van der Waals surface area contributed by atoms with Crippen molar-refractivity contribution in [1.82, 2.24) is 10.3 Å². The molecule has 1 atom stereocenters. The van der Waals surface area contributed by atoms with Crippen LogP contribution in [-0.4, -0.2) is 35.2 Å². The number of aromatic nitrogens is 1. The molecule has 1 amide bonds. The monoisotopic (exact) mass is 301 g/mol. The van der Waals surface area contributed by atoms with E-state index in [0.717, 1.165) is 37.2 Å². The fourth-order valence-corrected chi connectivity index (χ4v) is 2.78. The second kappa shape index (κ2) is 8.40. The number of anilines is 1. The average molecular weight is 301 g/mol. The fourth-order valence-electron chi connectivity index (χ4n) is 2.78. The van der Waals surface area contributed by atoms with Crippen LogP contribution < -0.4 is 10.2 Å². The van der Waals surface area contributed by atoms with E-state index in [0.29, 0.717) is 12.6 Å². The summed E-state index contributed by atoms with van der Waals surface area (Å²) in [5.74, 6) is 5.69. The van der Waals surface area contributed by atoms with Crippen molar-refractivity contribution >= 4 is 11.7 Å². The summed E-state index contributed by atoms with van der Waals surface area (Å²) in [6, 6.07) is 4.34. The first-order valence-electron chi connectivity index (χ1n) is 7.77. The molecule has 0 bridgehead atoms. The summed E-state index contributed by atoms with van der Waals surface area (Å²) in [6.07, 6.45) is 6.06. The quantitative estimate of drug-likeness (QED) is 0.808. The standard InChI is InChI=1S/C17H23N3O2/c1-2-5-17(22)19-13-14-7-8-16(18-12-14)20-10-4-3-6-15(20)9-11-21/h7-8,12,15,21H,3-4,6,9-11,13H2,1H3,(H,19,22). The minimum absolute atomic E-state index is 0.212. The lowest BCUT2D eigenvalue weighted by Crippen LogP contribution is -2.40. The van der Waals surface area contributed by atoms with Crippen LogP contribution >= 0.6 is 0 Å². The largest absolute Gasteiger partial charge is 0.396 e. The summed E-state index contributed by atoms with van der Waals surface area (Å²) in [7, 11) is 0. The zero-order chi connectivity index (χ0) is 15.8. The van der Waals surface area contributed by atoms with Gasteiger partial charge in [-0.2, -0.15) is 0 Å². The molecule has 2 heterocycles. The number of hydrogen-bond acceptors (Lipinski definition) is 4. The lowest BCUT2D eigenvalue weighted by molar-refractivity contribution is -0.115. The Labute approximate surface area is 131 Å². The van der Waals surface area contributed by atoms with Crippen molar-refractivity contribution in [3.63, 3.8) is 0 Å². The van der Waals surface area contributed by atoms with Crippen LogP contribution in [0, 0.1) is 11.8 Å². The van der Waals surface area contributed by atoms with Crippen molar-refractivity contribution in [2.45, 2.75) is 45.2 Å². The number of pyridine rings is 1. The molecule has 2 N–H and O–H groups in total. The third-order valence-electron chi connectivity index (χ3n) is 3.88. The van der Waals surface area contributed by atoms with E-state index in [9.17, 15) is 9.90 Å². The number of hydrogen-bond donors (Lipinski definition) is 2. The molecule has 1 unspecified atom stereocenters. The number of amides is 1. The third kappa shape index (κ3) is 4.47. The molecule has 5 heteroatoms. The van der Waals surface area contributed by atoms with Gasteiger partial charge in [-0.05, 0) is 50.2 Å². The molecule has 0 aliphatic carbocycles. The van der Waals surface area contributed by atoms with Crippen LogP contribution in [0.3, 0.4) is 0 Å². The van der Waals surface area contributed by atoms with Crippen LogP contribution in [0.5, 0.6) is 0 Å². The highest BCUT2D eigenvalue weighted by atomic mass is 16.3. The van der Waals surface area contributed by atoms with Gasteiger partial charge in [-0.3, -0.25) is 4.79 Å². The molecular formula is C17H23N3O2. The van der Waals surface area contributed by atoms with E-state index in [4.69, 9.17) is 0 Å². The molecule has 22 heavy (non-hydrogen) atoms. The summed E-state index contributed by atoms with van der Waals surface area (Å²) in [5.41, 5.74) is 0.950. The molecule has 5 nitrogen and oxygen atoms in total. The molecule has 0 spiro atoms. The number of rotatable bonds is 5. The second-order valence-corrected chi connectivity index (χ2v) is 5.44. The SMILES string of the molecule is CC#CC(=O)NCc1ccc(N2CCCCC2CCO)nc1. The Morgan fingerprint density at radius 1 is 1.50 bits per heavy atom. The fraction of sp³-hybridized carbons (Fsp3) is 0.529. The molecule has 2 rings (SSSR count). The van der Waals surface area contributed by atoms with Gasteiger partial charge in [-0.15, -0.1) is 0 Å². The van der Waals surface area contributed by atoms with Gasteiger partial charge in [0, 0.05) is 31.9 Å². The number of carbonyl (C=O) groups is 1. The molecule has 1 saturated heterocycles. The molecular weight excluding hydrogens is 278 g/mol. The molecule has 118 valence electrons. The highest BCUT2D eigenvalue weighted by Gasteiger charge is 2.22. The highest BCUT2D eigenvalue weighted by molar-refractivity contribution is 5.93. The predicted octanol–water partition coefficient (Wildman–Crippen LogP) is 1.46. The smallest absolute Gasteiger partial charge is 0.296 e. The van der Waals surface area contributed by atoms with Gasteiger partial charge in [0.2, 0.25) is 0 Å². The number of aliphatic hydroxyl groups excluding tert-OH is 1. The van der Waals surface area contributed by atoms with Gasteiger partial charge in [0.15, 0.2) is 0 Å². The summed E-state index contributed by atoms with van der Waals surface area (Å²) in [6.45, 7) is 3.27. The minimum Gasteiger partial charge on any atom is -0.396 e.